The van der Waals surface area contributed by atoms with E-state index >= 15 is 0 Å². The fourth-order valence-corrected chi connectivity index (χ4v) is 2.03. The van der Waals surface area contributed by atoms with Crippen LogP contribution in [0.5, 0.6) is 0 Å². The molecule has 2 aromatic rings. The van der Waals surface area contributed by atoms with Crippen LogP contribution in [0.3, 0.4) is 0 Å². The molecule has 0 bridgehead atoms. The number of hydrogen-bond acceptors (Lipinski definition) is 4. The first kappa shape index (κ1) is 11.1. The molecule has 1 aromatic carbocycles. The molecule has 4 heteroatoms. The third-order valence-corrected chi connectivity index (χ3v) is 2.96. The Morgan fingerprint density at radius 1 is 1.12 bits per heavy atom. The molecule has 1 heterocycles. The van der Waals surface area contributed by atoms with E-state index in [1.54, 1.807) is 24.2 Å². The minimum atomic E-state index is 0.781. The Hall–Kier alpha value is -1.39. The zero-order chi connectivity index (χ0) is 11.2. The molecule has 0 aliphatic rings. The predicted molar refractivity (Wildman–Crippen MR) is 65.4 cm³/mol. The minimum Gasteiger partial charge on any atom is -0.316 e. The number of hydrogen-bond donors (Lipinski definition) is 1. The summed E-state index contributed by atoms with van der Waals surface area (Å²) in [5.41, 5.74) is 1.28. The summed E-state index contributed by atoms with van der Waals surface area (Å²) in [6, 6.07) is 10.2. The Kier molecular flexibility index (Phi) is 3.91. The summed E-state index contributed by atoms with van der Waals surface area (Å²) in [4.78, 5) is 9.50. The molecule has 16 heavy (non-hydrogen) atoms. The monoisotopic (exact) mass is 231 g/mol. The Morgan fingerprint density at radius 3 is 2.44 bits per heavy atom. The van der Waals surface area contributed by atoms with Gasteiger partial charge in [-0.1, -0.05) is 12.1 Å². The van der Waals surface area contributed by atoms with E-state index in [1.807, 2.05) is 13.1 Å². The van der Waals surface area contributed by atoms with Gasteiger partial charge < -0.3 is 5.32 Å². The number of benzene rings is 1. The van der Waals surface area contributed by atoms with Gasteiger partial charge in [-0.25, -0.2) is 9.97 Å². The maximum absolute atomic E-state index is 4.17. The van der Waals surface area contributed by atoms with Gasteiger partial charge in [-0.15, -0.1) is 0 Å². The van der Waals surface area contributed by atoms with Crippen LogP contribution in [0.15, 0.2) is 52.8 Å². The van der Waals surface area contributed by atoms with Gasteiger partial charge in [-0.3, -0.25) is 0 Å². The van der Waals surface area contributed by atoms with Crippen LogP contribution in [-0.2, 0) is 6.54 Å². The molecule has 3 nitrogen and oxygen atoms in total. The van der Waals surface area contributed by atoms with E-state index in [4.69, 9.17) is 0 Å². The van der Waals surface area contributed by atoms with Gasteiger partial charge in [0.15, 0.2) is 5.16 Å². The average Bonchev–Trinajstić information content (AvgIpc) is 2.33. The summed E-state index contributed by atoms with van der Waals surface area (Å²) in [6.07, 6.45) is 3.51. The van der Waals surface area contributed by atoms with E-state index in [-0.39, 0.29) is 0 Å². The highest BCUT2D eigenvalue weighted by Crippen LogP contribution is 2.23. The second-order valence-electron chi connectivity index (χ2n) is 3.31. The van der Waals surface area contributed by atoms with Crippen molar-refractivity contribution in [3.63, 3.8) is 0 Å². The smallest absolute Gasteiger partial charge is 0.192 e. The molecule has 0 saturated heterocycles. The van der Waals surface area contributed by atoms with E-state index < -0.39 is 0 Å². The van der Waals surface area contributed by atoms with Crippen LogP contribution >= 0.6 is 11.8 Å². The van der Waals surface area contributed by atoms with Crippen molar-refractivity contribution in [1.82, 2.24) is 15.3 Å². The minimum absolute atomic E-state index is 0.781. The van der Waals surface area contributed by atoms with Gasteiger partial charge in [0.1, 0.15) is 0 Å². The first-order valence-corrected chi connectivity index (χ1v) is 5.88. The molecule has 0 spiro atoms. The fourth-order valence-electron chi connectivity index (χ4n) is 1.32. The van der Waals surface area contributed by atoms with Crippen molar-refractivity contribution in [1.29, 1.82) is 0 Å². The molecule has 1 N–H and O–H groups in total. The van der Waals surface area contributed by atoms with Gasteiger partial charge in [0.05, 0.1) is 0 Å². The summed E-state index contributed by atoms with van der Waals surface area (Å²) in [6.45, 7) is 0.896. The van der Waals surface area contributed by atoms with Crippen LogP contribution in [0.2, 0.25) is 0 Å². The van der Waals surface area contributed by atoms with E-state index in [1.165, 1.54) is 5.56 Å². The van der Waals surface area contributed by atoms with Gasteiger partial charge in [0, 0.05) is 23.8 Å². The third-order valence-electron chi connectivity index (χ3n) is 2.06. The summed E-state index contributed by atoms with van der Waals surface area (Å²) < 4.78 is 0. The molecule has 0 saturated carbocycles. The second kappa shape index (κ2) is 5.63. The van der Waals surface area contributed by atoms with Gasteiger partial charge in [0.2, 0.25) is 0 Å². The average molecular weight is 231 g/mol. The molecule has 0 radical (unpaired) electrons. The first-order valence-electron chi connectivity index (χ1n) is 5.07. The topological polar surface area (TPSA) is 37.8 Å². The first-order chi connectivity index (χ1) is 7.88. The van der Waals surface area contributed by atoms with Crippen molar-refractivity contribution in [2.45, 2.75) is 16.6 Å². The van der Waals surface area contributed by atoms with Crippen LogP contribution in [0.4, 0.5) is 0 Å². The van der Waals surface area contributed by atoms with Crippen molar-refractivity contribution < 1.29 is 0 Å². The van der Waals surface area contributed by atoms with Gasteiger partial charge in [-0.2, -0.15) is 0 Å². The fraction of sp³-hybridized carbons (Fsp3) is 0.167. The van der Waals surface area contributed by atoms with Crippen LogP contribution in [-0.4, -0.2) is 17.0 Å². The predicted octanol–water partition coefficient (Wildman–Crippen LogP) is 2.35. The van der Waals surface area contributed by atoms with Crippen LogP contribution in [0.25, 0.3) is 0 Å². The summed E-state index contributed by atoms with van der Waals surface area (Å²) in [5.74, 6) is 0. The van der Waals surface area contributed by atoms with Crippen LogP contribution < -0.4 is 5.32 Å². The molecular weight excluding hydrogens is 218 g/mol. The molecule has 0 atom stereocenters. The van der Waals surface area contributed by atoms with E-state index in [0.717, 1.165) is 16.6 Å². The lowest BCUT2D eigenvalue weighted by molar-refractivity contribution is 0.817. The zero-order valence-corrected chi connectivity index (χ0v) is 9.87. The normalized spacial score (nSPS) is 10.3. The maximum atomic E-state index is 4.17. The number of rotatable bonds is 4. The molecule has 0 aliphatic carbocycles. The largest absolute Gasteiger partial charge is 0.316 e. The van der Waals surface area contributed by atoms with E-state index in [0.29, 0.717) is 0 Å². The Balaban J connectivity index is 2.05. The quantitative estimate of drug-likeness (QED) is 0.820. The molecule has 0 amide bonds. The highest BCUT2D eigenvalue weighted by atomic mass is 32.2. The zero-order valence-electron chi connectivity index (χ0n) is 9.05. The van der Waals surface area contributed by atoms with Crippen molar-refractivity contribution in [2.75, 3.05) is 7.05 Å². The number of aromatic nitrogens is 2. The maximum Gasteiger partial charge on any atom is 0.192 e. The molecule has 2 rings (SSSR count). The molecule has 82 valence electrons. The van der Waals surface area contributed by atoms with Crippen LogP contribution in [0, 0.1) is 0 Å². The summed E-state index contributed by atoms with van der Waals surface area (Å²) in [7, 11) is 1.94. The lowest BCUT2D eigenvalue weighted by atomic mass is 10.2. The van der Waals surface area contributed by atoms with Crippen molar-refractivity contribution in [3.05, 3.63) is 48.3 Å². The van der Waals surface area contributed by atoms with E-state index in [2.05, 4.69) is 39.6 Å². The van der Waals surface area contributed by atoms with Gasteiger partial charge in [-0.05, 0) is 42.6 Å². The second-order valence-corrected chi connectivity index (χ2v) is 4.35. The highest BCUT2D eigenvalue weighted by molar-refractivity contribution is 7.99. The number of nitrogens with one attached hydrogen (secondary N) is 1. The van der Waals surface area contributed by atoms with Crippen LogP contribution in [0.1, 0.15) is 5.56 Å². The lowest BCUT2D eigenvalue weighted by Gasteiger charge is -2.02. The molecule has 0 aliphatic heterocycles. The standard InChI is InChI=1S/C12H13N3S/c1-13-9-10-3-5-11(6-4-10)16-12-14-7-2-8-15-12/h2-8,13H,9H2,1H3. The Morgan fingerprint density at radius 2 is 1.81 bits per heavy atom. The summed E-state index contributed by atoms with van der Waals surface area (Å²) in [5, 5.41) is 3.90. The van der Waals surface area contributed by atoms with Gasteiger partial charge in [0.25, 0.3) is 0 Å². The van der Waals surface area contributed by atoms with Crippen molar-refractivity contribution >= 4 is 11.8 Å². The molecule has 0 fully saturated rings. The Bertz CT molecular complexity index is 428. The third kappa shape index (κ3) is 3.05. The number of nitrogens with zero attached hydrogens (tertiary/aromatic N) is 2. The van der Waals surface area contributed by atoms with Gasteiger partial charge >= 0.3 is 0 Å². The lowest BCUT2D eigenvalue weighted by Crippen LogP contribution is -2.04. The van der Waals surface area contributed by atoms with Crippen molar-refractivity contribution in [2.24, 2.45) is 0 Å². The SMILES string of the molecule is CNCc1ccc(Sc2ncccn2)cc1. The molecular formula is C12H13N3S. The molecule has 0 unspecified atom stereocenters. The highest BCUT2D eigenvalue weighted by Gasteiger charge is 1.99. The van der Waals surface area contributed by atoms with Crippen molar-refractivity contribution in [3.8, 4) is 0 Å². The summed E-state index contributed by atoms with van der Waals surface area (Å²) >= 11 is 1.57. The Labute approximate surface area is 99.3 Å². The van der Waals surface area contributed by atoms with E-state index in [9.17, 15) is 0 Å². The molecule has 1 aromatic heterocycles.